The molecule has 0 aromatic heterocycles. The standard InChI is InChI=1S/C35H35NO6/c1-24-12-17-32(22-25(24)2)42-31-20-15-29(16-21-31)36-33(37)10-7-11-34(38)41-26(3)35(39)28-13-18-30(19-14-28)40-23-27-8-5-4-6-9-27/h4-6,8-9,12-22,26H,7,10-11,23H2,1-3H3,(H,36,37). The highest BCUT2D eigenvalue weighted by atomic mass is 16.5. The molecule has 216 valence electrons. The number of anilines is 1. The van der Waals surface area contributed by atoms with E-state index < -0.39 is 12.1 Å². The maximum atomic E-state index is 12.7. The van der Waals surface area contributed by atoms with Gasteiger partial charge in [-0.05, 0) is 105 Å². The summed E-state index contributed by atoms with van der Waals surface area (Å²) in [5.41, 5.74) is 4.45. The number of carbonyl (C=O) groups is 3. The van der Waals surface area contributed by atoms with Crippen molar-refractivity contribution in [3.63, 3.8) is 0 Å². The average molecular weight is 566 g/mol. The monoisotopic (exact) mass is 565 g/mol. The number of aryl methyl sites for hydroxylation is 2. The summed E-state index contributed by atoms with van der Waals surface area (Å²) in [5.74, 6) is 0.999. The molecule has 0 fully saturated rings. The van der Waals surface area contributed by atoms with Crippen molar-refractivity contribution >= 4 is 23.3 Å². The highest BCUT2D eigenvalue weighted by Gasteiger charge is 2.19. The van der Waals surface area contributed by atoms with Gasteiger partial charge in [-0.3, -0.25) is 14.4 Å². The fraction of sp³-hybridized carbons (Fsp3) is 0.229. The molecule has 0 saturated heterocycles. The minimum atomic E-state index is -0.938. The predicted molar refractivity (Wildman–Crippen MR) is 162 cm³/mol. The van der Waals surface area contributed by atoms with Crippen LogP contribution < -0.4 is 14.8 Å². The number of amides is 1. The molecule has 0 saturated carbocycles. The molecule has 0 aliphatic heterocycles. The first kappa shape index (κ1) is 30.1. The summed E-state index contributed by atoms with van der Waals surface area (Å²) in [5, 5.41) is 2.82. The van der Waals surface area contributed by atoms with Crippen molar-refractivity contribution in [1.29, 1.82) is 0 Å². The summed E-state index contributed by atoms with van der Waals surface area (Å²) in [6, 6.07) is 29.5. The van der Waals surface area contributed by atoms with E-state index in [9.17, 15) is 14.4 Å². The molecule has 1 unspecified atom stereocenters. The molecule has 7 heteroatoms. The average Bonchev–Trinajstić information content (AvgIpc) is 2.99. The molecule has 42 heavy (non-hydrogen) atoms. The van der Waals surface area contributed by atoms with Gasteiger partial charge in [-0.25, -0.2) is 0 Å². The molecule has 1 atom stereocenters. The van der Waals surface area contributed by atoms with Crippen molar-refractivity contribution < 1.29 is 28.6 Å². The molecule has 0 aliphatic carbocycles. The number of hydrogen-bond acceptors (Lipinski definition) is 6. The van der Waals surface area contributed by atoms with E-state index in [0.717, 1.165) is 16.9 Å². The van der Waals surface area contributed by atoms with E-state index in [4.69, 9.17) is 14.2 Å². The van der Waals surface area contributed by atoms with Gasteiger partial charge < -0.3 is 19.5 Å². The zero-order valence-electron chi connectivity index (χ0n) is 24.1. The van der Waals surface area contributed by atoms with E-state index in [1.165, 1.54) is 5.56 Å². The van der Waals surface area contributed by atoms with E-state index in [1.807, 2.05) is 62.4 Å². The van der Waals surface area contributed by atoms with Crippen LogP contribution in [-0.4, -0.2) is 23.8 Å². The predicted octanol–water partition coefficient (Wildman–Crippen LogP) is 7.60. The van der Waals surface area contributed by atoms with E-state index in [2.05, 4.69) is 5.32 Å². The molecule has 0 spiro atoms. The molecule has 1 amide bonds. The third kappa shape index (κ3) is 9.06. The Kier molecular flexibility index (Phi) is 10.5. The van der Waals surface area contributed by atoms with Gasteiger partial charge in [0.05, 0.1) is 0 Å². The Balaban J connectivity index is 1.15. The van der Waals surface area contributed by atoms with Crippen LogP contribution in [0, 0.1) is 13.8 Å². The van der Waals surface area contributed by atoms with Gasteiger partial charge in [0.2, 0.25) is 11.7 Å². The van der Waals surface area contributed by atoms with Crippen LogP contribution in [0.2, 0.25) is 0 Å². The first-order valence-corrected chi connectivity index (χ1v) is 13.9. The topological polar surface area (TPSA) is 90.9 Å². The number of hydrogen-bond donors (Lipinski definition) is 1. The third-order valence-electron chi connectivity index (χ3n) is 6.70. The molecule has 4 rings (SSSR count). The summed E-state index contributed by atoms with van der Waals surface area (Å²) in [6.07, 6.45) is -0.470. The SMILES string of the molecule is Cc1ccc(Oc2ccc(NC(=O)CCCC(=O)OC(C)C(=O)c3ccc(OCc4ccccc4)cc3)cc2)cc1C. The summed E-state index contributed by atoms with van der Waals surface area (Å²) in [6.45, 7) is 6.05. The minimum absolute atomic E-state index is 0.0278. The van der Waals surface area contributed by atoms with Crippen molar-refractivity contribution in [3.05, 3.63) is 119 Å². The maximum absolute atomic E-state index is 12.7. The minimum Gasteiger partial charge on any atom is -0.489 e. The van der Waals surface area contributed by atoms with Crippen LogP contribution in [0.5, 0.6) is 17.2 Å². The Bertz CT molecular complexity index is 1500. The van der Waals surface area contributed by atoms with E-state index in [0.29, 0.717) is 35.8 Å². The molecular formula is C35H35NO6. The van der Waals surface area contributed by atoms with Gasteiger partial charge in [0.25, 0.3) is 0 Å². The van der Waals surface area contributed by atoms with Gasteiger partial charge in [-0.15, -0.1) is 0 Å². The smallest absolute Gasteiger partial charge is 0.306 e. The summed E-state index contributed by atoms with van der Waals surface area (Å²) < 4.78 is 16.9. The van der Waals surface area contributed by atoms with Crippen molar-refractivity contribution in [2.24, 2.45) is 0 Å². The molecule has 0 radical (unpaired) electrons. The molecule has 4 aromatic carbocycles. The Morgan fingerprint density at radius 1 is 0.738 bits per heavy atom. The van der Waals surface area contributed by atoms with Gasteiger partial charge in [0, 0.05) is 24.1 Å². The Hall–Kier alpha value is -4.91. The van der Waals surface area contributed by atoms with Gasteiger partial charge in [-0.1, -0.05) is 36.4 Å². The quantitative estimate of drug-likeness (QED) is 0.133. The van der Waals surface area contributed by atoms with Gasteiger partial charge in [0.15, 0.2) is 6.10 Å². The number of ether oxygens (including phenoxy) is 3. The van der Waals surface area contributed by atoms with Crippen LogP contribution in [0.1, 0.15) is 53.2 Å². The highest BCUT2D eigenvalue weighted by molar-refractivity contribution is 6.00. The van der Waals surface area contributed by atoms with Crippen LogP contribution in [0.25, 0.3) is 0 Å². The van der Waals surface area contributed by atoms with E-state index >= 15 is 0 Å². The van der Waals surface area contributed by atoms with E-state index in [1.54, 1.807) is 55.5 Å². The lowest BCUT2D eigenvalue weighted by atomic mass is 10.1. The second-order valence-electron chi connectivity index (χ2n) is 10.1. The highest BCUT2D eigenvalue weighted by Crippen LogP contribution is 2.25. The number of benzene rings is 4. The zero-order valence-corrected chi connectivity index (χ0v) is 24.1. The number of rotatable bonds is 13. The van der Waals surface area contributed by atoms with Crippen LogP contribution in [0.15, 0.2) is 97.1 Å². The Labute approximate surface area is 246 Å². The number of ketones is 1. The summed E-state index contributed by atoms with van der Waals surface area (Å²) >= 11 is 0. The van der Waals surface area contributed by atoms with Crippen LogP contribution in [0.4, 0.5) is 5.69 Å². The molecular weight excluding hydrogens is 530 g/mol. The Morgan fingerprint density at radius 3 is 2.10 bits per heavy atom. The van der Waals surface area contributed by atoms with Crippen LogP contribution >= 0.6 is 0 Å². The van der Waals surface area contributed by atoms with Crippen molar-refractivity contribution in [3.8, 4) is 17.2 Å². The van der Waals surface area contributed by atoms with Gasteiger partial charge in [-0.2, -0.15) is 0 Å². The number of esters is 1. The first-order chi connectivity index (χ1) is 20.3. The molecule has 7 nitrogen and oxygen atoms in total. The number of carbonyl (C=O) groups excluding carboxylic acids is 3. The second-order valence-corrected chi connectivity index (χ2v) is 10.1. The molecule has 0 heterocycles. The lowest BCUT2D eigenvalue weighted by Crippen LogP contribution is -2.24. The second kappa shape index (κ2) is 14.6. The molecule has 1 N–H and O–H groups in total. The fourth-order valence-corrected chi connectivity index (χ4v) is 4.14. The Morgan fingerprint density at radius 2 is 1.40 bits per heavy atom. The van der Waals surface area contributed by atoms with Crippen LogP contribution in [-0.2, 0) is 20.9 Å². The van der Waals surface area contributed by atoms with Crippen molar-refractivity contribution in [2.75, 3.05) is 5.32 Å². The maximum Gasteiger partial charge on any atom is 0.306 e. The van der Waals surface area contributed by atoms with Gasteiger partial charge in [0.1, 0.15) is 23.9 Å². The normalized spacial score (nSPS) is 11.3. The van der Waals surface area contributed by atoms with Crippen molar-refractivity contribution in [2.45, 2.75) is 52.7 Å². The number of Topliss-reactive ketones (excluding diaryl/α,β-unsaturated/α-hetero) is 1. The number of nitrogens with one attached hydrogen (secondary N) is 1. The van der Waals surface area contributed by atoms with Crippen LogP contribution in [0.3, 0.4) is 0 Å². The molecule has 4 aromatic rings. The summed E-state index contributed by atoms with van der Waals surface area (Å²) in [4.78, 5) is 37.4. The van der Waals surface area contributed by atoms with E-state index in [-0.39, 0.29) is 24.5 Å². The summed E-state index contributed by atoms with van der Waals surface area (Å²) in [7, 11) is 0. The van der Waals surface area contributed by atoms with Gasteiger partial charge >= 0.3 is 5.97 Å². The molecule has 0 bridgehead atoms. The fourth-order valence-electron chi connectivity index (χ4n) is 4.14. The lowest BCUT2D eigenvalue weighted by molar-refractivity contribution is -0.146. The largest absolute Gasteiger partial charge is 0.489 e. The molecule has 0 aliphatic rings. The third-order valence-corrected chi connectivity index (χ3v) is 6.70. The van der Waals surface area contributed by atoms with Crippen molar-refractivity contribution in [1.82, 2.24) is 0 Å². The lowest BCUT2D eigenvalue weighted by Gasteiger charge is -2.13. The zero-order chi connectivity index (χ0) is 29.9. The first-order valence-electron chi connectivity index (χ1n) is 13.9.